The number of rotatable bonds is 10. The second kappa shape index (κ2) is 10.8. The van der Waals surface area contributed by atoms with Gasteiger partial charge in [-0.25, -0.2) is 0 Å². The fourth-order valence-electron chi connectivity index (χ4n) is 3.47. The van der Waals surface area contributed by atoms with Crippen LogP contribution in [0.1, 0.15) is 16.7 Å². The lowest BCUT2D eigenvalue weighted by Crippen LogP contribution is -2.38. The summed E-state index contributed by atoms with van der Waals surface area (Å²) in [6.45, 7) is 2.11. The quantitative estimate of drug-likeness (QED) is 0.489. The lowest BCUT2D eigenvalue weighted by molar-refractivity contribution is -0.0682. The predicted molar refractivity (Wildman–Crippen MR) is 118 cm³/mol. The van der Waals surface area contributed by atoms with Crippen LogP contribution in [0.15, 0.2) is 96.0 Å². The first-order valence-corrected chi connectivity index (χ1v) is 10.3. The standard InChI is InChI=1S/C26H27NO3/c1-4-10-21(11-5-1)17-28-20-24-26(30-19-23-14-8-3-9-15-23)25(16-27-24)29-18-22-12-6-2-7-13-22/h1-16,24-26H,17-20H2. The Morgan fingerprint density at radius 3 is 1.67 bits per heavy atom. The molecule has 3 aromatic rings. The van der Waals surface area contributed by atoms with Crippen LogP contribution < -0.4 is 0 Å². The zero-order chi connectivity index (χ0) is 20.4. The molecule has 3 aromatic carbocycles. The molecule has 4 heteroatoms. The van der Waals surface area contributed by atoms with Crippen LogP contribution in [0.4, 0.5) is 0 Å². The highest BCUT2D eigenvalue weighted by Crippen LogP contribution is 2.21. The van der Waals surface area contributed by atoms with E-state index < -0.39 is 0 Å². The normalized spacial score (nSPS) is 20.5. The average Bonchev–Trinajstić information content (AvgIpc) is 3.20. The molecular formula is C26H27NO3. The van der Waals surface area contributed by atoms with Crippen molar-refractivity contribution in [3.05, 3.63) is 108 Å². The van der Waals surface area contributed by atoms with Crippen LogP contribution in [-0.4, -0.2) is 31.1 Å². The van der Waals surface area contributed by atoms with Gasteiger partial charge in [-0.2, -0.15) is 0 Å². The summed E-state index contributed by atoms with van der Waals surface area (Å²) in [5.41, 5.74) is 3.42. The van der Waals surface area contributed by atoms with Gasteiger partial charge < -0.3 is 14.2 Å². The van der Waals surface area contributed by atoms with E-state index in [1.807, 2.05) is 60.8 Å². The molecule has 4 rings (SSSR count). The highest BCUT2D eigenvalue weighted by Gasteiger charge is 2.35. The van der Waals surface area contributed by atoms with Gasteiger partial charge in [0.2, 0.25) is 0 Å². The van der Waals surface area contributed by atoms with Gasteiger partial charge in [0.05, 0.1) is 26.4 Å². The molecule has 0 aliphatic carbocycles. The first kappa shape index (κ1) is 20.5. The Bertz CT molecular complexity index is 899. The lowest BCUT2D eigenvalue weighted by atomic mass is 10.1. The topological polar surface area (TPSA) is 40.0 Å². The molecule has 3 unspecified atom stereocenters. The summed E-state index contributed by atoms with van der Waals surface area (Å²) in [5.74, 6) is 0. The van der Waals surface area contributed by atoms with Crippen molar-refractivity contribution in [3.8, 4) is 0 Å². The maximum Gasteiger partial charge on any atom is 0.121 e. The Morgan fingerprint density at radius 2 is 1.10 bits per heavy atom. The molecule has 1 aliphatic rings. The largest absolute Gasteiger partial charge is 0.374 e. The third kappa shape index (κ3) is 5.86. The van der Waals surface area contributed by atoms with Gasteiger partial charge in [0.25, 0.3) is 0 Å². The molecule has 3 atom stereocenters. The second-order valence-electron chi connectivity index (χ2n) is 7.39. The highest BCUT2D eigenvalue weighted by molar-refractivity contribution is 5.67. The number of nitrogens with zero attached hydrogens (tertiary/aromatic N) is 1. The number of aliphatic imine (C=N–C) groups is 1. The summed E-state index contributed by atoms with van der Waals surface area (Å²) >= 11 is 0. The van der Waals surface area contributed by atoms with Crippen LogP contribution in [0.3, 0.4) is 0 Å². The Labute approximate surface area is 178 Å². The van der Waals surface area contributed by atoms with Gasteiger partial charge in [0.1, 0.15) is 18.2 Å². The van der Waals surface area contributed by atoms with Crippen molar-refractivity contribution < 1.29 is 14.2 Å². The predicted octanol–water partition coefficient (Wildman–Crippen LogP) is 4.83. The van der Waals surface area contributed by atoms with Crippen LogP contribution >= 0.6 is 0 Å². The van der Waals surface area contributed by atoms with Gasteiger partial charge in [-0.15, -0.1) is 0 Å². The van der Waals surface area contributed by atoms with Crippen molar-refractivity contribution in [1.82, 2.24) is 0 Å². The van der Waals surface area contributed by atoms with E-state index in [4.69, 9.17) is 14.2 Å². The number of hydrogen-bond donors (Lipinski definition) is 0. The first-order chi connectivity index (χ1) is 14.9. The molecule has 0 aromatic heterocycles. The van der Waals surface area contributed by atoms with Crippen LogP contribution in [0.5, 0.6) is 0 Å². The van der Waals surface area contributed by atoms with Crippen molar-refractivity contribution in [3.63, 3.8) is 0 Å². The maximum atomic E-state index is 6.28. The van der Waals surface area contributed by atoms with E-state index in [0.717, 1.165) is 16.7 Å². The minimum absolute atomic E-state index is 0.0850. The van der Waals surface area contributed by atoms with E-state index in [1.165, 1.54) is 0 Å². The Morgan fingerprint density at radius 1 is 0.600 bits per heavy atom. The molecule has 0 fully saturated rings. The average molecular weight is 402 g/mol. The van der Waals surface area contributed by atoms with Crippen LogP contribution in [-0.2, 0) is 34.0 Å². The molecule has 4 nitrogen and oxygen atoms in total. The maximum absolute atomic E-state index is 6.28. The summed E-state index contributed by atoms with van der Waals surface area (Å²) in [7, 11) is 0. The number of benzene rings is 3. The van der Waals surface area contributed by atoms with E-state index >= 15 is 0 Å². The van der Waals surface area contributed by atoms with Gasteiger partial charge in [0, 0.05) is 6.21 Å². The highest BCUT2D eigenvalue weighted by atomic mass is 16.5. The number of hydrogen-bond acceptors (Lipinski definition) is 4. The minimum atomic E-state index is -0.195. The van der Waals surface area contributed by atoms with E-state index in [9.17, 15) is 0 Å². The monoisotopic (exact) mass is 401 g/mol. The van der Waals surface area contributed by atoms with E-state index in [-0.39, 0.29) is 18.2 Å². The summed E-state index contributed by atoms with van der Waals surface area (Å²) in [6, 6.07) is 30.4. The molecular weight excluding hydrogens is 374 g/mol. The van der Waals surface area contributed by atoms with Gasteiger partial charge in [-0.3, -0.25) is 4.99 Å². The molecule has 0 amide bonds. The molecule has 154 valence electrons. The molecule has 0 saturated heterocycles. The molecule has 30 heavy (non-hydrogen) atoms. The number of ether oxygens (including phenoxy) is 3. The fourth-order valence-corrected chi connectivity index (χ4v) is 3.47. The van der Waals surface area contributed by atoms with Gasteiger partial charge in [-0.1, -0.05) is 91.0 Å². The Balaban J connectivity index is 1.35. The molecule has 0 spiro atoms. The molecule has 0 saturated carbocycles. The summed E-state index contributed by atoms with van der Waals surface area (Å²) < 4.78 is 18.4. The van der Waals surface area contributed by atoms with E-state index in [2.05, 4.69) is 41.4 Å². The molecule has 1 aliphatic heterocycles. The lowest BCUT2D eigenvalue weighted by Gasteiger charge is -2.24. The smallest absolute Gasteiger partial charge is 0.121 e. The molecule has 0 bridgehead atoms. The second-order valence-corrected chi connectivity index (χ2v) is 7.39. The van der Waals surface area contributed by atoms with Crippen molar-refractivity contribution in [2.24, 2.45) is 4.99 Å². The third-order valence-electron chi connectivity index (χ3n) is 5.10. The zero-order valence-corrected chi connectivity index (χ0v) is 17.0. The Hall–Kier alpha value is -2.79. The van der Waals surface area contributed by atoms with Gasteiger partial charge >= 0.3 is 0 Å². The SMILES string of the molecule is C1=NC(COCc2ccccc2)C(OCc2ccccc2)C1OCc1ccccc1. The zero-order valence-electron chi connectivity index (χ0n) is 17.0. The third-order valence-corrected chi connectivity index (χ3v) is 5.10. The van der Waals surface area contributed by atoms with E-state index in [1.54, 1.807) is 0 Å². The van der Waals surface area contributed by atoms with Gasteiger partial charge in [-0.05, 0) is 16.7 Å². The van der Waals surface area contributed by atoms with Crippen LogP contribution in [0, 0.1) is 0 Å². The molecule has 0 N–H and O–H groups in total. The first-order valence-electron chi connectivity index (χ1n) is 10.3. The summed E-state index contributed by atoms with van der Waals surface area (Å²) in [6.07, 6.45) is 1.50. The summed E-state index contributed by atoms with van der Waals surface area (Å²) in [4.78, 5) is 4.65. The van der Waals surface area contributed by atoms with Crippen molar-refractivity contribution in [2.75, 3.05) is 6.61 Å². The minimum Gasteiger partial charge on any atom is -0.374 e. The van der Waals surface area contributed by atoms with Gasteiger partial charge in [0.15, 0.2) is 0 Å². The Kier molecular flexibility index (Phi) is 7.40. The van der Waals surface area contributed by atoms with Crippen molar-refractivity contribution >= 4 is 6.21 Å². The van der Waals surface area contributed by atoms with Crippen molar-refractivity contribution in [1.29, 1.82) is 0 Å². The fraction of sp³-hybridized carbons (Fsp3) is 0.269. The van der Waals surface area contributed by atoms with Crippen molar-refractivity contribution in [2.45, 2.75) is 38.1 Å². The summed E-state index contributed by atoms with van der Waals surface area (Å²) in [5, 5.41) is 0. The van der Waals surface area contributed by atoms with Crippen LogP contribution in [0.25, 0.3) is 0 Å². The van der Waals surface area contributed by atoms with Crippen LogP contribution in [0.2, 0.25) is 0 Å². The molecule has 0 radical (unpaired) electrons. The van der Waals surface area contributed by atoms with E-state index in [0.29, 0.717) is 26.4 Å². The molecule has 1 heterocycles.